The van der Waals surface area contributed by atoms with Gasteiger partial charge >= 0.3 is 12.2 Å². The number of alkyl halides is 4. The molecular weight excluding hydrogens is 599 g/mol. The van der Waals surface area contributed by atoms with Crippen molar-refractivity contribution in [2.45, 2.75) is 62.1 Å². The van der Waals surface area contributed by atoms with Crippen molar-refractivity contribution in [1.29, 1.82) is 0 Å². The average molecular weight is 627 g/mol. The highest BCUT2D eigenvalue weighted by molar-refractivity contribution is 6.32. The highest BCUT2D eigenvalue weighted by atomic mass is 35.5. The van der Waals surface area contributed by atoms with E-state index in [-0.39, 0.29) is 53.9 Å². The van der Waals surface area contributed by atoms with Crippen LogP contribution in [0.3, 0.4) is 0 Å². The van der Waals surface area contributed by atoms with Crippen LogP contribution in [0.2, 0.25) is 5.02 Å². The lowest BCUT2D eigenvalue weighted by Gasteiger charge is -2.31. The smallest absolute Gasteiger partial charge is 0.418 e. The van der Waals surface area contributed by atoms with E-state index >= 15 is 4.39 Å². The SMILES string of the molecule is CC1(O)CCN2c3nc(OC[C@@]45CCCN4C[C@H](F)C5)nc4c(F)c(-c5cc(N)cc(Cl)c5C(F)(F)F)nc(c34)OCC21. The maximum atomic E-state index is 16.5. The third kappa shape index (κ3) is 4.51. The molecule has 3 fully saturated rings. The second-order valence-electron chi connectivity index (χ2n) is 12.0. The normalized spacial score (nSPS) is 28.6. The number of hydrogen-bond acceptors (Lipinski definition) is 9. The van der Waals surface area contributed by atoms with Crippen LogP contribution in [-0.4, -0.2) is 81.2 Å². The molecule has 2 unspecified atom stereocenters. The van der Waals surface area contributed by atoms with E-state index in [0.717, 1.165) is 25.1 Å². The lowest BCUT2D eigenvalue weighted by Crippen LogP contribution is -2.46. The molecule has 1 aromatic carbocycles. The molecule has 4 atom stereocenters. The maximum Gasteiger partial charge on any atom is 0.418 e. The number of aromatic nitrogens is 3. The minimum atomic E-state index is -4.97. The number of aliphatic hydroxyl groups is 1. The fraction of sp³-hybridized carbons (Fsp3) is 0.536. The molecule has 0 amide bonds. The van der Waals surface area contributed by atoms with E-state index in [1.807, 2.05) is 4.90 Å². The van der Waals surface area contributed by atoms with Crippen LogP contribution in [0.5, 0.6) is 11.9 Å². The van der Waals surface area contributed by atoms with Crippen molar-refractivity contribution in [2.75, 3.05) is 43.5 Å². The molecule has 0 bridgehead atoms. The van der Waals surface area contributed by atoms with Gasteiger partial charge < -0.3 is 25.2 Å². The Morgan fingerprint density at radius 3 is 2.77 bits per heavy atom. The van der Waals surface area contributed by atoms with Crippen LogP contribution in [0.4, 0.5) is 33.5 Å². The highest BCUT2D eigenvalue weighted by Crippen LogP contribution is 2.48. The number of anilines is 2. The first-order valence-electron chi connectivity index (χ1n) is 14.0. The molecule has 0 spiro atoms. The van der Waals surface area contributed by atoms with Crippen molar-refractivity contribution in [3.8, 4) is 23.1 Å². The number of nitrogen functional groups attached to an aromatic ring is 1. The van der Waals surface area contributed by atoms with Crippen LogP contribution in [0.15, 0.2) is 12.1 Å². The van der Waals surface area contributed by atoms with Crippen molar-refractivity contribution >= 4 is 34.0 Å². The number of hydrogen-bond donors (Lipinski definition) is 2. The summed E-state index contributed by atoms with van der Waals surface area (Å²) in [7, 11) is 0. The molecule has 15 heteroatoms. The summed E-state index contributed by atoms with van der Waals surface area (Å²) in [6.07, 6.45) is -3.74. The molecule has 3 aromatic rings. The summed E-state index contributed by atoms with van der Waals surface area (Å²) in [6, 6.07) is 1.01. The molecule has 0 saturated carbocycles. The summed E-state index contributed by atoms with van der Waals surface area (Å²) in [5.41, 5.74) is 0.833. The quantitative estimate of drug-likeness (QED) is 0.313. The first kappa shape index (κ1) is 28.5. The number of nitrogens with zero attached hydrogens (tertiary/aromatic N) is 5. The van der Waals surface area contributed by atoms with Crippen molar-refractivity contribution < 1.29 is 36.5 Å². The highest BCUT2D eigenvalue weighted by Gasteiger charge is 2.50. The van der Waals surface area contributed by atoms with E-state index in [1.54, 1.807) is 11.8 Å². The number of nitrogens with two attached hydrogens (primary N) is 1. The Morgan fingerprint density at radius 1 is 1.21 bits per heavy atom. The second kappa shape index (κ2) is 9.63. The van der Waals surface area contributed by atoms with Crippen LogP contribution < -0.4 is 20.1 Å². The molecular formula is C28H28ClF5N6O3. The van der Waals surface area contributed by atoms with E-state index < -0.39 is 57.2 Å². The Kier molecular flexibility index (Phi) is 6.39. The van der Waals surface area contributed by atoms with E-state index in [4.69, 9.17) is 26.8 Å². The first-order valence-corrected chi connectivity index (χ1v) is 14.4. The fourth-order valence-electron chi connectivity index (χ4n) is 7.09. The minimum absolute atomic E-state index is 0.0303. The summed E-state index contributed by atoms with van der Waals surface area (Å²) in [5.74, 6) is -1.22. The fourth-order valence-corrected chi connectivity index (χ4v) is 7.43. The first-order chi connectivity index (χ1) is 20.3. The molecule has 2 aromatic heterocycles. The zero-order chi connectivity index (χ0) is 30.5. The average Bonchev–Trinajstić information content (AvgIpc) is 3.50. The van der Waals surface area contributed by atoms with E-state index in [9.17, 15) is 22.7 Å². The number of ether oxygens (including phenoxy) is 2. The number of fused-ring (bicyclic) bond motifs is 3. The topological polar surface area (TPSA) is 110 Å². The van der Waals surface area contributed by atoms with Crippen LogP contribution >= 0.6 is 11.6 Å². The largest absolute Gasteiger partial charge is 0.475 e. The van der Waals surface area contributed by atoms with Gasteiger partial charge in [-0.05, 0) is 44.9 Å². The summed E-state index contributed by atoms with van der Waals surface area (Å²) in [6.45, 7) is 2.94. The molecule has 4 aliphatic heterocycles. The number of rotatable bonds is 4. The Balaban J connectivity index is 1.42. The molecule has 43 heavy (non-hydrogen) atoms. The van der Waals surface area contributed by atoms with Gasteiger partial charge in [-0.3, -0.25) is 4.90 Å². The third-order valence-corrected chi connectivity index (χ3v) is 9.50. The van der Waals surface area contributed by atoms with Gasteiger partial charge in [-0.15, -0.1) is 0 Å². The lowest BCUT2D eigenvalue weighted by atomic mass is 9.95. The number of halogens is 6. The minimum Gasteiger partial charge on any atom is -0.475 e. The van der Waals surface area contributed by atoms with Gasteiger partial charge in [0.15, 0.2) is 5.82 Å². The third-order valence-electron chi connectivity index (χ3n) is 9.20. The predicted octanol–water partition coefficient (Wildman–Crippen LogP) is 4.76. The Hall–Kier alpha value is -3.23. The van der Waals surface area contributed by atoms with Crippen molar-refractivity contribution in [1.82, 2.24) is 19.9 Å². The summed E-state index contributed by atoms with van der Waals surface area (Å²) in [5, 5.41) is 10.4. The summed E-state index contributed by atoms with van der Waals surface area (Å²) in [4.78, 5) is 16.9. The van der Waals surface area contributed by atoms with Gasteiger partial charge in [0.05, 0.1) is 27.8 Å². The van der Waals surface area contributed by atoms with Gasteiger partial charge in [-0.2, -0.15) is 23.1 Å². The second-order valence-corrected chi connectivity index (χ2v) is 12.5. The van der Waals surface area contributed by atoms with E-state index in [2.05, 4.69) is 15.0 Å². The monoisotopic (exact) mass is 626 g/mol. The van der Waals surface area contributed by atoms with Crippen molar-refractivity contribution in [2.24, 2.45) is 0 Å². The van der Waals surface area contributed by atoms with E-state index in [0.29, 0.717) is 25.9 Å². The van der Waals surface area contributed by atoms with Gasteiger partial charge in [-0.1, -0.05) is 11.6 Å². The van der Waals surface area contributed by atoms with Crippen LogP contribution in [-0.2, 0) is 6.18 Å². The van der Waals surface area contributed by atoms with Crippen molar-refractivity contribution in [3.05, 3.63) is 28.5 Å². The van der Waals surface area contributed by atoms with Gasteiger partial charge in [0.25, 0.3) is 0 Å². The van der Waals surface area contributed by atoms with Crippen LogP contribution in [0.25, 0.3) is 22.2 Å². The molecule has 3 N–H and O–H groups in total. The van der Waals surface area contributed by atoms with Gasteiger partial charge in [-0.25, -0.2) is 13.8 Å². The van der Waals surface area contributed by atoms with Gasteiger partial charge in [0.2, 0.25) is 5.88 Å². The van der Waals surface area contributed by atoms with Crippen molar-refractivity contribution in [3.63, 3.8) is 0 Å². The van der Waals surface area contributed by atoms with Crippen LogP contribution in [0.1, 0.15) is 38.2 Å². The van der Waals surface area contributed by atoms with E-state index in [1.165, 1.54) is 0 Å². The predicted molar refractivity (Wildman–Crippen MR) is 148 cm³/mol. The molecule has 9 nitrogen and oxygen atoms in total. The number of benzene rings is 1. The molecule has 7 rings (SSSR count). The Bertz CT molecular complexity index is 1640. The summed E-state index contributed by atoms with van der Waals surface area (Å²) < 4.78 is 85.3. The molecule has 3 saturated heterocycles. The maximum absolute atomic E-state index is 16.5. The molecule has 0 radical (unpaired) electrons. The summed E-state index contributed by atoms with van der Waals surface area (Å²) >= 11 is 5.96. The lowest BCUT2D eigenvalue weighted by molar-refractivity contribution is -0.137. The Labute approximate surface area is 247 Å². The Morgan fingerprint density at radius 2 is 2.00 bits per heavy atom. The number of pyridine rings is 1. The standard InChI is InChI=1S/C28H28ClF5N6O3/c1-26(41)4-6-40-17(26)11-42-24-18-22(20(31)21(36-24)15-7-14(35)8-16(29)19(15)28(32,33)34)37-25(38-23(18)40)43-12-27-3-2-5-39(27)10-13(30)9-27/h7-8,13,17,41H,2-6,9-12,35H2,1H3/t13-,17?,26?,27+/m1/s1. The molecule has 4 aliphatic rings. The molecule has 0 aliphatic carbocycles. The zero-order valence-corrected chi connectivity index (χ0v) is 23.8. The zero-order valence-electron chi connectivity index (χ0n) is 23.0. The molecule has 230 valence electrons. The van der Waals surface area contributed by atoms with Gasteiger partial charge in [0.1, 0.15) is 41.8 Å². The van der Waals surface area contributed by atoms with Crippen LogP contribution in [0, 0.1) is 5.82 Å². The molecule has 6 heterocycles. The van der Waals surface area contributed by atoms with Gasteiger partial charge in [0, 0.05) is 30.8 Å².